The fourth-order valence-corrected chi connectivity index (χ4v) is 1.68. The summed E-state index contributed by atoms with van der Waals surface area (Å²) >= 11 is 0. The molecule has 0 aromatic heterocycles. The van der Waals surface area contributed by atoms with Gasteiger partial charge in [-0.25, -0.2) is 0 Å². The van der Waals surface area contributed by atoms with Crippen LogP contribution >= 0.6 is 0 Å². The van der Waals surface area contributed by atoms with Crippen molar-refractivity contribution in [1.82, 2.24) is 0 Å². The maximum Gasteiger partial charge on any atom is 0.217 e. The van der Waals surface area contributed by atoms with E-state index in [1.54, 1.807) is 48.5 Å². The molecule has 1 N–H and O–H groups in total. The van der Waals surface area contributed by atoms with Crippen molar-refractivity contribution in [1.29, 1.82) is 0 Å². The minimum Gasteiger partial charge on any atom is -0.461 e. The second-order valence-corrected chi connectivity index (χ2v) is 3.94. The molecular formula is C16H14O3. The fourth-order valence-electron chi connectivity index (χ4n) is 1.68. The Morgan fingerprint density at radius 2 is 1.74 bits per heavy atom. The number of para-hydroxylation sites is 1. The Balaban J connectivity index is 2.34. The number of hydrogen-bond donors (Lipinski definition) is 1. The highest BCUT2D eigenvalue weighted by molar-refractivity contribution is 6.10. The summed E-state index contributed by atoms with van der Waals surface area (Å²) in [5, 5.41) is 9.44. The number of ketones is 1. The van der Waals surface area contributed by atoms with Gasteiger partial charge >= 0.3 is 0 Å². The molecule has 2 aromatic rings. The van der Waals surface area contributed by atoms with Crippen LogP contribution in [-0.4, -0.2) is 17.2 Å². The third-order valence-corrected chi connectivity index (χ3v) is 2.62. The first kappa shape index (κ1) is 13.1. The zero-order chi connectivity index (χ0) is 13.7. The van der Waals surface area contributed by atoms with Crippen LogP contribution in [0.4, 0.5) is 0 Å². The lowest BCUT2D eigenvalue weighted by Gasteiger charge is -2.13. The summed E-state index contributed by atoms with van der Waals surface area (Å²) < 4.78 is 5.25. The Morgan fingerprint density at radius 1 is 1.11 bits per heavy atom. The highest BCUT2D eigenvalue weighted by Gasteiger charge is 2.15. The van der Waals surface area contributed by atoms with E-state index in [-0.39, 0.29) is 5.78 Å². The van der Waals surface area contributed by atoms with Gasteiger partial charge in [0.25, 0.3) is 0 Å². The maximum absolute atomic E-state index is 12.3. The summed E-state index contributed by atoms with van der Waals surface area (Å²) in [5.41, 5.74) is 0.987. The smallest absolute Gasteiger partial charge is 0.217 e. The predicted molar refractivity (Wildman–Crippen MR) is 73.1 cm³/mol. The van der Waals surface area contributed by atoms with Gasteiger partial charge in [-0.1, -0.05) is 49.0 Å². The molecule has 0 aliphatic heterocycles. The van der Waals surface area contributed by atoms with E-state index in [9.17, 15) is 9.90 Å². The van der Waals surface area contributed by atoms with Gasteiger partial charge < -0.3 is 9.84 Å². The summed E-state index contributed by atoms with van der Waals surface area (Å²) in [6.07, 6.45) is 0.119. The van der Waals surface area contributed by atoms with Gasteiger partial charge in [-0.2, -0.15) is 0 Å². The van der Waals surface area contributed by atoms with Gasteiger partial charge in [0, 0.05) is 5.56 Å². The highest BCUT2D eigenvalue weighted by Crippen LogP contribution is 2.22. The molecule has 0 heterocycles. The van der Waals surface area contributed by atoms with Crippen LogP contribution in [0.2, 0.25) is 0 Å². The maximum atomic E-state index is 12.3. The van der Waals surface area contributed by atoms with Crippen molar-refractivity contribution in [2.24, 2.45) is 0 Å². The Bertz CT molecular complexity index is 576. The molecule has 96 valence electrons. The molecule has 0 spiro atoms. The predicted octanol–water partition coefficient (Wildman–Crippen LogP) is 2.80. The molecule has 19 heavy (non-hydrogen) atoms. The molecule has 2 rings (SSSR count). The molecule has 0 aliphatic rings. The molecule has 0 saturated carbocycles. The molecule has 3 nitrogen and oxygen atoms in total. The Morgan fingerprint density at radius 3 is 2.42 bits per heavy atom. The van der Waals surface area contributed by atoms with Crippen LogP contribution in [0.15, 0.2) is 67.3 Å². The van der Waals surface area contributed by atoms with Gasteiger partial charge in [0.2, 0.25) is 6.29 Å². The van der Waals surface area contributed by atoms with Crippen molar-refractivity contribution in [3.8, 4) is 5.75 Å². The normalized spacial score (nSPS) is 11.6. The van der Waals surface area contributed by atoms with Gasteiger partial charge in [0.15, 0.2) is 5.78 Å². The Labute approximate surface area is 111 Å². The monoisotopic (exact) mass is 254 g/mol. The molecular weight excluding hydrogens is 240 g/mol. The van der Waals surface area contributed by atoms with E-state index in [1.165, 1.54) is 6.08 Å². The minimum atomic E-state index is -1.13. The molecule has 0 saturated heterocycles. The molecule has 1 unspecified atom stereocenters. The average molecular weight is 254 g/mol. The standard InChI is InChI=1S/C16H14O3/c1-2-15(17)19-14-11-7-6-10-13(14)16(18)12-8-4-3-5-9-12/h2-11,15,17H,1H2. The van der Waals surface area contributed by atoms with Crippen LogP contribution in [0, 0.1) is 0 Å². The van der Waals surface area contributed by atoms with Crippen molar-refractivity contribution in [3.05, 3.63) is 78.4 Å². The number of ether oxygens (including phenoxy) is 1. The van der Waals surface area contributed by atoms with Gasteiger partial charge in [-0.05, 0) is 18.2 Å². The summed E-state index contributed by atoms with van der Waals surface area (Å²) in [5.74, 6) is 0.191. The number of rotatable bonds is 5. The number of aliphatic hydroxyl groups excluding tert-OH is 1. The van der Waals surface area contributed by atoms with Crippen LogP contribution in [0.25, 0.3) is 0 Å². The van der Waals surface area contributed by atoms with Gasteiger partial charge in [0.05, 0.1) is 5.56 Å². The number of hydrogen-bond acceptors (Lipinski definition) is 3. The molecule has 2 aromatic carbocycles. The van der Waals surface area contributed by atoms with Gasteiger partial charge in [0.1, 0.15) is 5.75 Å². The van der Waals surface area contributed by atoms with Crippen LogP contribution in [0.3, 0.4) is 0 Å². The molecule has 3 heteroatoms. The number of carbonyl (C=O) groups excluding carboxylic acids is 1. The largest absolute Gasteiger partial charge is 0.461 e. The summed E-state index contributed by atoms with van der Waals surface area (Å²) in [7, 11) is 0. The van der Waals surface area contributed by atoms with Crippen molar-refractivity contribution in [2.75, 3.05) is 0 Å². The zero-order valence-corrected chi connectivity index (χ0v) is 10.3. The topological polar surface area (TPSA) is 46.5 Å². The third-order valence-electron chi connectivity index (χ3n) is 2.62. The van der Waals surface area contributed by atoms with E-state index in [4.69, 9.17) is 4.74 Å². The zero-order valence-electron chi connectivity index (χ0n) is 10.3. The average Bonchev–Trinajstić information content (AvgIpc) is 2.48. The number of aliphatic hydroxyl groups is 1. The minimum absolute atomic E-state index is 0.146. The fraction of sp³-hybridized carbons (Fsp3) is 0.0625. The van der Waals surface area contributed by atoms with E-state index < -0.39 is 6.29 Å². The van der Waals surface area contributed by atoms with Crippen molar-refractivity contribution >= 4 is 5.78 Å². The van der Waals surface area contributed by atoms with Gasteiger partial charge in [-0.3, -0.25) is 4.79 Å². The van der Waals surface area contributed by atoms with E-state index in [1.807, 2.05) is 6.07 Å². The first-order valence-electron chi connectivity index (χ1n) is 5.88. The lowest BCUT2D eigenvalue weighted by molar-refractivity contribution is 0.0245. The lowest BCUT2D eigenvalue weighted by atomic mass is 10.0. The summed E-state index contributed by atoms with van der Waals surface area (Å²) in [6.45, 7) is 3.43. The van der Waals surface area contributed by atoms with Crippen molar-refractivity contribution < 1.29 is 14.6 Å². The van der Waals surface area contributed by atoms with Crippen LogP contribution in [0.5, 0.6) is 5.75 Å². The first-order valence-corrected chi connectivity index (χ1v) is 5.88. The third kappa shape index (κ3) is 3.09. The number of benzene rings is 2. The SMILES string of the molecule is C=CC(O)Oc1ccccc1C(=O)c1ccccc1. The Kier molecular flexibility index (Phi) is 4.11. The summed E-state index contributed by atoms with van der Waals surface area (Å²) in [6, 6.07) is 15.7. The summed E-state index contributed by atoms with van der Waals surface area (Å²) in [4.78, 5) is 12.3. The van der Waals surface area contributed by atoms with Gasteiger partial charge in [-0.15, -0.1) is 0 Å². The van der Waals surface area contributed by atoms with E-state index in [2.05, 4.69) is 6.58 Å². The number of carbonyl (C=O) groups is 1. The molecule has 0 fully saturated rings. The Hall–Kier alpha value is -2.39. The van der Waals surface area contributed by atoms with Crippen molar-refractivity contribution in [2.45, 2.75) is 6.29 Å². The van der Waals surface area contributed by atoms with Crippen LogP contribution in [-0.2, 0) is 0 Å². The van der Waals surface area contributed by atoms with Crippen molar-refractivity contribution in [3.63, 3.8) is 0 Å². The molecule has 1 atom stereocenters. The lowest BCUT2D eigenvalue weighted by Crippen LogP contribution is -2.14. The second-order valence-electron chi connectivity index (χ2n) is 3.94. The van der Waals surface area contributed by atoms with Crippen LogP contribution in [0.1, 0.15) is 15.9 Å². The highest BCUT2D eigenvalue weighted by atomic mass is 16.6. The molecule has 0 bridgehead atoms. The van der Waals surface area contributed by atoms with Crippen LogP contribution < -0.4 is 4.74 Å². The van der Waals surface area contributed by atoms with E-state index in [0.29, 0.717) is 16.9 Å². The molecule has 0 radical (unpaired) electrons. The van der Waals surface area contributed by atoms with E-state index >= 15 is 0 Å². The quantitative estimate of drug-likeness (QED) is 0.507. The first-order chi connectivity index (χ1) is 9.22. The molecule has 0 amide bonds. The molecule has 0 aliphatic carbocycles. The van der Waals surface area contributed by atoms with E-state index in [0.717, 1.165) is 0 Å². The second kappa shape index (κ2) is 5.98.